The summed E-state index contributed by atoms with van der Waals surface area (Å²) in [6, 6.07) is 8.52. The molecule has 0 aliphatic carbocycles. The number of urea groups is 1. The van der Waals surface area contributed by atoms with Gasteiger partial charge < -0.3 is 38.9 Å². The molecule has 3 aromatic heterocycles. The van der Waals surface area contributed by atoms with E-state index in [2.05, 4.69) is 72.3 Å². The topological polar surface area (TPSA) is 154 Å². The Balaban J connectivity index is 1.17. The maximum Gasteiger partial charge on any atom is 0.320 e. The highest BCUT2D eigenvalue weighted by molar-refractivity contribution is 7.10. The number of rotatable bonds is 9. The third-order valence-electron chi connectivity index (χ3n) is 14.5. The number of pyridine rings is 1. The SMILES string of the molecule is CCn1c(-c2cccnc2[C@H](C)OC)c2c3cc(ccc31)-c1csc(n1)C[C@H](NC(=O)[C@H](C(C)C)N(C)C(=O)N1CC[C@@]13CCCN(C)C3)C(=O)N1CCC[C@](C=O)(COCC(C)(C)C2)N1. The lowest BCUT2D eigenvalue weighted by Gasteiger charge is -2.57. The van der Waals surface area contributed by atoms with Crippen molar-refractivity contribution in [3.05, 3.63) is 58.2 Å². The number of hydrogen-bond acceptors (Lipinski definition) is 11. The highest BCUT2D eigenvalue weighted by Gasteiger charge is 2.51. The van der Waals surface area contributed by atoms with Crippen LogP contribution in [0.3, 0.4) is 0 Å². The molecule has 16 heteroatoms. The van der Waals surface area contributed by atoms with Crippen LogP contribution in [0.4, 0.5) is 4.79 Å². The van der Waals surface area contributed by atoms with Crippen LogP contribution in [-0.4, -0.2) is 142 Å². The number of carbonyl (C=O) groups excluding carboxylic acids is 4. The smallest absolute Gasteiger partial charge is 0.320 e. The van der Waals surface area contributed by atoms with Crippen molar-refractivity contribution in [1.82, 2.24) is 45.0 Å². The summed E-state index contributed by atoms with van der Waals surface area (Å²) in [4.78, 5) is 72.6. The predicted molar refractivity (Wildman–Crippen MR) is 257 cm³/mol. The number of aromatic nitrogens is 3. The number of thiazole rings is 1. The Bertz CT molecular complexity index is 2450. The number of hydrazine groups is 1. The van der Waals surface area contributed by atoms with Crippen molar-refractivity contribution in [1.29, 1.82) is 0 Å². The van der Waals surface area contributed by atoms with Gasteiger partial charge in [0.15, 0.2) is 0 Å². The molecule has 4 aromatic rings. The molecule has 1 spiro atoms. The average molecular weight is 924 g/mol. The zero-order chi connectivity index (χ0) is 47.1. The lowest BCUT2D eigenvalue weighted by atomic mass is 9.78. The molecule has 0 radical (unpaired) electrons. The average Bonchev–Trinajstić information content (AvgIpc) is 3.88. The second-order valence-electron chi connectivity index (χ2n) is 20.4. The minimum Gasteiger partial charge on any atom is -0.378 e. The number of aldehydes is 1. The summed E-state index contributed by atoms with van der Waals surface area (Å²) >= 11 is 1.44. The molecule has 3 fully saturated rings. The standard InChI is InChI=1S/C50H69N9O6S/c1-10-57-40-16-15-34-24-36(40)37(44(57)35-14-11-20-51-42(35)33(4)64-9)26-48(5,6)30-65-31-49(29-60)17-12-22-59(54-49)46(62)38(25-41-52-39(34)27-66-41)53-45(61)43(32(2)3)56(8)47(63)58-23-19-50(58)18-13-21-55(7)28-50/h11,14-16,20,24,27,29,32-33,38,43,54H,10,12-13,17-19,21-23,25-26,28,30-31H2,1-9H3,(H,53,61)/t33-,38-,43-,49-,50+/m0/s1. The molecule has 4 aliphatic rings. The van der Waals surface area contributed by atoms with Crippen molar-refractivity contribution in [2.45, 2.75) is 122 Å². The summed E-state index contributed by atoms with van der Waals surface area (Å²) in [5, 5.41) is 8.36. The molecule has 1 aromatic carbocycles. The van der Waals surface area contributed by atoms with Gasteiger partial charge in [0, 0.05) is 80.4 Å². The third kappa shape index (κ3) is 9.15. The Morgan fingerprint density at radius 2 is 1.89 bits per heavy atom. The molecule has 66 heavy (non-hydrogen) atoms. The van der Waals surface area contributed by atoms with E-state index in [9.17, 15) is 19.2 Å². The molecule has 6 bridgehead atoms. The summed E-state index contributed by atoms with van der Waals surface area (Å²) < 4.78 is 14.7. The van der Waals surface area contributed by atoms with Crippen LogP contribution in [0.5, 0.6) is 0 Å². The van der Waals surface area contributed by atoms with Crippen LogP contribution in [0, 0.1) is 11.3 Å². The van der Waals surface area contributed by atoms with E-state index >= 15 is 0 Å². The quantitative estimate of drug-likeness (QED) is 0.178. The molecular formula is C50H69N9O6S. The number of likely N-dealkylation sites (N-methyl/N-ethyl adjacent to an activating group) is 2. The molecule has 2 N–H and O–H groups in total. The van der Waals surface area contributed by atoms with Gasteiger partial charge >= 0.3 is 6.03 Å². The fraction of sp³-hybridized carbons (Fsp3) is 0.600. The van der Waals surface area contributed by atoms with Crippen molar-refractivity contribution >= 4 is 46.4 Å². The van der Waals surface area contributed by atoms with Crippen molar-refractivity contribution in [2.24, 2.45) is 11.3 Å². The second-order valence-corrected chi connectivity index (χ2v) is 21.3. The van der Waals surface area contributed by atoms with E-state index in [-0.39, 0.29) is 47.9 Å². The Hall–Kier alpha value is -4.74. The fourth-order valence-electron chi connectivity index (χ4n) is 11.0. The highest BCUT2D eigenvalue weighted by Crippen LogP contribution is 2.43. The first kappa shape index (κ1) is 47.7. The van der Waals surface area contributed by atoms with Gasteiger partial charge in [-0.05, 0) is 107 Å². The van der Waals surface area contributed by atoms with E-state index in [0.717, 1.165) is 89.9 Å². The van der Waals surface area contributed by atoms with Crippen LogP contribution >= 0.6 is 11.3 Å². The molecule has 7 heterocycles. The van der Waals surface area contributed by atoms with Crippen molar-refractivity contribution < 1.29 is 28.7 Å². The maximum atomic E-state index is 14.8. The maximum absolute atomic E-state index is 14.8. The van der Waals surface area contributed by atoms with Crippen LogP contribution < -0.4 is 10.7 Å². The first-order chi connectivity index (χ1) is 31.5. The van der Waals surface area contributed by atoms with Crippen molar-refractivity contribution in [3.63, 3.8) is 0 Å². The number of amides is 4. The largest absolute Gasteiger partial charge is 0.378 e. The number of nitrogens with one attached hydrogen (secondary N) is 2. The number of ether oxygens (including phenoxy) is 2. The number of nitrogens with zero attached hydrogens (tertiary/aromatic N) is 7. The molecule has 3 saturated heterocycles. The van der Waals surface area contributed by atoms with E-state index in [4.69, 9.17) is 19.4 Å². The molecule has 15 nitrogen and oxygen atoms in total. The van der Waals surface area contributed by atoms with Gasteiger partial charge in [-0.2, -0.15) is 0 Å². The minimum atomic E-state index is -1.16. The van der Waals surface area contributed by atoms with E-state index in [1.165, 1.54) is 16.3 Å². The number of aryl methyl sites for hydroxylation is 1. The summed E-state index contributed by atoms with van der Waals surface area (Å²) in [6.45, 7) is 16.3. The van der Waals surface area contributed by atoms with E-state index in [1.54, 1.807) is 19.1 Å². The molecule has 5 atom stereocenters. The minimum absolute atomic E-state index is 0.0541. The molecule has 0 unspecified atom stereocenters. The highest BCUT2D eigenvalue weighted by atomic mass is 32.1. The zero-order valence-electron chi connectivity index (χ0n) is 40.3. The third-order valence-corrected chi connectivity index (χ3v) is 15.4. The fourth-order valence-corrected chi connectivity index (χ4v) is 11.9. The van der Waals surface area contributed by atoms with Gasteiger partial charge in [0.25, 0.3) is 5.91 Å². The molecule has 4 amide bonds. The number of carbonyl (C=O) groups is 4. The lowest BCUT2D eigenvalue weighted by Crippen LogP contribution is -2.71. The Morgan fingerprint density at radius 3 is 2.59 bits per heavy atom. The van der Waals surface area contributed by atoms with Crippen LogP contribution in [0.25, 0.3) is 33.4 Å². The van der Waals surface area contributed by atoms with Gasteiger partial charge in [0.05, 0.1) is 46.9 Å². The summed E-state index contributed by atoms with van der Waals surface area (Å²) in [5.41, 5.74) is 8.41. The van der Waals surface area contributed by atoms with E-state index in [1.807, 2.05) is 43.3 Å². The number of methoxy groups -OCH3 is 1. The van der Waals surface area contributed by atoms with Crippen molar-refractivity contribution in [3.8, 4) is 22.5 Å². The Kier molecular flexibility index (Phi) is 13.8. The Morgan fingerprint density at radius 1 is 1.11 bits per heavy atom. The molecule has 0 saturated carbocycles. The van der Waals surface area contributed by atoms with E-state index in [0.29, 0.717) is 44.0 Å². The second kappa shape index (κ2) is 19.1. The number of benzene rings is 1. The number of fused-ring (bicyclic) bond motifs is 6. The Labute approximate surface area is 393 Å². The summed E-state index contributed by atoms with van der Waals surface area (Å²) in [7, 11) is 5.50. The molecule has 8 rings (SSSR count). The first-order valence-electron chi connectivity index (χ1n) is 23.8. The molecule has 356 valence electrons. The van der Waals surface area contributed by atoms with Crippen LogP contribution in [0.2, 0.25) is 0 Å². The van der Waals surface area contributed by atoms with Gasteiger partial charge in [-0.3, -0.25) is 19.6 Å². The van der Waals surface area contributed by atoms with E-state index < -0.39 is 23.5 Å². The van der Waals surface area contributed by atoms with Gasteiger partial charge in [0.2, 0.25) is 5.91 Å². The molecular weight excluding hydrogens is 855 g/mol. The normalized spacial score (nSPS) is 24.8. The van der Waals surface area contributed by atoms with Gasteiger partial charge in [-0.25, -0.2) is 15.2 Å². The number of hydrogen-bond donors (Lipinski definition) is 2. The monoisotopic (exact) mass is 924 g/mol. The number of likely N-dealkylation sites (tertiary alicyclic amines) is 2. The van der Waals surface area contributed by atoms with Gasteiger partial charge in [0.1, 0.15) is 23.9 Å². The summed E-state index contributed by atoms with van der Waals surface area (Å²) in [6.07, 6.45) is 7.14. The molecule has 4 aliphatic heterocycles. The van der Waals surface area contributed by atoms with Crippen LogP contribution in [0.15, 0.2) is 41.9 Å². The van der Waals surface area contributed by atoms with Gasteiger partial charge in [-0.1, -0.05) is 33.8 Å². The van der Waals surface area contributed by atoms with Crippen LogP contribution in [0.1, 0.15) is 96.0 Å². The van der Waals surface area contributed by atoms with Gasteiger partial charge in [-0.15, -0.1) is 11.3 Å². The van der Waals surface area contributed by atoms with Crippen molar-refractivity contribution in [2.75, 3.05) is 60.6 Å². The summed E-state index contributed by atoms with van der Waals surface area (Å²) in [5.74, 6) is -1.05. The first-order valence-corrected chi connectivity index (χ1v) is 24.7. The zero-order valence-corrected chi connectivity index (χ0v) is 41.1. The lowest BCUT2D eigenvalue weighted by molar-refractivity contribution is -0.147. The van der Waals surface area contributed by atoms with Crippen LogP contribution in [-0.2, 0) is 43.2 Å². The number of piperidine rings is 1. The predicted octanol–water partition coefficient (Wildman–Crippen LogP) is 6.49.